The number of benzene rings is 1. The van der Waals surface area contributed by atoms with Crippen LogP contribution in [-0.4, -0.2) is 55.0 Å². The third-order valence-electron chi connectivity index (χ3n) is 6.76. The molecule has 0 aliphatic heterocycles. The zero-order valence-corrected chi connectivity index (χ0v) is 25.8. The van der Waals surface area contributed by atoms with E-state index in [2.05, 4.69) is 33.0 Å². The molecule has 0 radical (unpaired) electrons. The van der Waals surface area contributed by atoms with Gasteiger partial charge in [-0.05, 0) is 61.8 Å². The van der Waals surface area contributed by atoms with Gasteiger partial charge in [-0.1, -0.05) is 56.6 Å². The molecule has 3 rings (SSSR count). The number of nitrogen functional groups attached to an aromatic ring is 1. The van der Waals surface area contributed by atoms with Crippen LogP contribution in [0.2, 0.25) is 0 Å². The number of hydrogen-bond acceptors (Lipinski definition) is 8. The molecule has 2 heterocycles. The van der Waals surface area contributed by atoms with E-state index in [1.807, 2.05) is 30.8 Å². The van der Waals surface area contributed by atoms with Crippen molar-refractivity contribution in [3.63, 3.8) is 0 Å². The Balaban J connectivity index is 1.11. The van der Waals surface area contributed by atoms with Crippen LogP contribution in [-0.2, 0) is 26.8 Å². The van der Waals surface area contributed by atoms with E-state index in [1.54, 1.807) is 10.9 Å². The van der Waals surface area contributed by atoms with Gasteiger partial charge in [0.2, 0.25) is 0 Å². The summed E-state index contributed by atoms with van der Waals surface area (Å²) in [5.74, 6) is 5.01. The number of nitrogens with two attached hydrogens (primary N) is 1. The lowest BCUT2D eigenvalue weighted by atomic mass is 10.0. The average Bonchev–Trinajstić information content (AvgIpc) is 3.38. The van der Waals surface area contributed by atoms with Crippen LogP contribution < -0.4 is 5.73 Å². The molecule has 1 unspecified atom stereocenters. The lowest BCUT2D eigenvalue weighted by molar-refractivity contribution is 0.0718. The van der Waals surface area contributed by atoms with Gasteiger partial charge in [0.05, 0.1) is 25.6 Å². The minimum Gasteiger partial charge on any atom is -0.382 e. The van der Waals surface area contributed by atoms with Crippen molar-refractivity contribution in [1.82, 2.24) is 19.5 Å². The first-order chi connectivity index (χ1) is 19.9. The normalized spacial score (nSPS) is 13.7. The minimum absolute atomic E-state index is 0.247. The Morgan fingerprint density at radius 3 is 2.44 bits per heavy atom. The molecule has 0 spiro atoms. The number of unbranched alkanes of at least 4 members (excludes halogenated alkanes) is 7. The third kappa shape index (κ3) is 12.6. The zero-order valence-electron chi connectivity index (χ0n) is 24.1. The van der Waals surface area contributed by atoms with E-state index in [4.69, 9.17) is 21.4 Å². The van der Waals surface area contributed by atoms with Crippen molar-refractivity contribution in [1.29, 1.82) is 0 Å². The van der Waals surface area contributed by atoms with Gasteiger partial charge in [0.15, 0.2) is 11.5 Å². The van der Waals surface area contributed by atoms with Crippen molar-refractivity contribution in [2.24, 2.45) is 0 Å². The van der Waals surface area contributed by atoms with Gasteiger partial charge in [0.1, 0.15) is 18.2 Å². The summed E-state index contributed by atoms with van der Waals surface area (Å²) in [5, 5.41) is 0. The number of nitrogens with zero attached hydrogens (tertiary/aromatic N) is 4. The Bertz CT molecular complexity index is 1260. The van der Waals surface area contributed by atoms with E-state index in [0.717, 1.165) is 29.9 Å². The molecule has 11 heteroatoms. The number of ether oxygens (including phenoxy) is 1. The predicted octanol–water partition coefficient (Wildman–Crippen LogP) is 6.44. The van der Waals surface area contributed by atoms with Crippen molar-refractivity contribution in [3.8, 4) is 12.3 Å². The summed E-state index contributed by atoms with van der Waals surface area (Å²) in [5.41, 5.74) is 9.25. The number of aromatic nitrogens is 4. The third-order valence-corrected chi connectivity index (χ3v) is 8.97. The predicted molar refractivity (Wildman–Crippen MR) is 168 cm³/mol. The second-order valence-corrected chi connectivity index (χ2v) is 13.3. The van der Waals surface area contributed by atoms with Gasteiger partial charge in [-0.15, -0.1) is 6.42 Å². The molecule has 3 N–H and O–H groups in total. The standard InChI is InChI=1S/C30H44N5O4PS/c1-3-26-14-16-27(17-15-26)13-10-8-6-4-5-7-9-11-19-41-20-12-18-39-40(36,37)24-38-25(2)21-35-23-34-28-29(31)32-22-33-30(28)35/h1,14-17,22-23,25H,4-13,18-21,24H2,2H3,(H,36,37)(H2,31,32,33)/t25-/m1/s1. The lowest BCUT2D eigenvalue weighted by Gasteiger charge is -2.17. The molecular formula is C30H44N5O4PS. The van der Waals surface area contributed by atoms with E-state index in [9.17, 15) is 9.46 Å². The Morgan fingerprint density at radius 2 is 1.71 bits per heavy atom. The number of fused-ring (bicyclic) bond motifs is 1. The van der Waals surface area contributed by atoms with Gasteiger partial charge < -0.3 is 24.5 Å². The zero-order chi connectivity index (χ0) is 29.3. The minimum atomic E-state index is -3.80. The Hall–Kier alpha value is -2.41. The number of anilines is 1. The number of rotatable bonds is 21. The van der Waals surface area contributed by atoms with Crippen LogP contribution >= 0.6 is 19.4 Å². The highest BCUT2D eigenvalue weighted by Gasteiger charge is 2.21. The van der Waals surface area contributed by atoms with Crippen molar-refractivity contribution in [3.05, 3.63) is 48.0 Å². The van der Waals surface area contributed by atoms with E-state index in [-0.39, 0.29) is 19.1 Å². The van der Waals surface area contributed by atoms with E-state index < -0.39 is 7.60 Å². The molecule has 3 aromatic rings. The first-order valence-electron chi connectivity index (χ1n) is 14.5. The topological polar surface area (TPSA) is 125 Å². The molecule has 1 aromatic carbocycles. The van der Waals surface area contributed by atoms with Crippen LogP contribution in [0.3, 0.4) is 0 Å². The maximum Gasteiger partial charge on any atom is 0.353 e. The van der Waals surface area contributed by atoms with Crippen LogP contribution in [0.1, 0.15) is 75.8 Å². The number of terminal acetylenes is 1. The largest absolute Gasteiger partial charge is 0.382 e. The van der Waals surface area contributed by atoms with Crippen LogP contribution in [0.25, 0.3) is 11.2 Å². The van der Waals surface area contributed by atoms with E-state index in [0.29, 0.717) is 23.5 Å². The molecule has 41 heavy (non-hydrogen) atoms. The summed E-state index contributed by atoms with van der Waals surface area (Å²) in [4.78, 5) is 22.4. The van der Waals surface area contributed by atoms with Gasteiger partial charge in [-0.3, -0.25) is 4.57 Å². The summed E-state index contributed by atoms with van der Waals surface area (Å²) < 4.78 is 24.9. The molecule has 0 saturated carbocycles. The van der Waals surface area contributed by atoms with Crippen molar-refractivity contribution in [2.75, 3.05) is 30.2 Å². The molecule has 2 atom stereocenters. The Labute approximate surface area is 248 Å². The first-order valence-corrected chi connectivity index (χ1v) is 17.4. The molecule has 0 aliphatic carbocycles. The monoisotopic (exact) mass is 601 g/mol. The highest BCUT2D eigenvalue weighted by molar-refractivity contribution is 7.99. The molecule has 0 bridgehead atoms. The Morgan fingerprint density at radius 1 is 1.02 bits per heavy atom. The number of thioether (sulfide) groups is 1. The van der Waals surface area contributed by atoms with E-state index in [1.165, 1.54) is 63.3 Å². The molecule has 9 nitrogen and oxygen atoms in total. The fourth-order valence-corrected chi connectivity index (χ4v) is 6.32. The first kappa shape index (κ1) is 33.1. The van der Waals surface area contributed by atoms with E-state index >= 15 is 0 Å². The maximum atomic E-state index is 12.3. The van der Waals surface area contributed by atoms with Gasteiger partial charge in [-0.25, -0.2) is 15.0 Å². The van der Waals surface area contributed by atoms with Crippen LogP contribution in [0.15, 0.2) is 36.9 Å². The van der Waals surface area contributed by atoms with Crippen LogP contribution in [0.5, 0.6) is 0 Å². The van der Waals surface area contributed by atoms with Crippen molar-refractivity contribution < 1.29 is 18.7 Å². The molecule has 0 aliphatic rings. The quantitative estimate of drug-likeness (QED) is 0.0806. The summed E-state index contributed by atoms with van der Waals surface area (Å²) in [6, 6.07) is 8.33. The summed E-state index contributed by atoms with van der Waals surface area (Å²) in [6.45, 7) is 2.47. The second kappa shape index (κ2) is 18.2. The maximum absolute atomic E-state index is 12.3. The second-order valence-electron chi connectivity index (χ2n) is 10.3. The van der Waals surface area contributed by atoms with Gasteiger partial charge >= 0.3 is 7.60 Å². The number of imidazole rings is 1. The van der Waals surface area contributed by atoms with Crippen molar-refractivity contribution in [2.45, 2.75) is 83.8 Å². The molecule has 2 aromatic heterocycles. The molecule has 224 valence electrons. The van der Waals surface area contributed by atoms with Gasteiger partial charge in [0.25, 0.3) is 0 Å². The van der Waals surface area contributed by atoms with Gasteiger partial charge in [0, 0.05) is 5.56 Å². The highest BCUT2D eigenvalue weighted by Crippen LogP contribution is 2.42. The molecule has 0 saturated heterocycles. The Kier molecular flexibility index (Phi) is 14.7. The smallest absolute Gasteiger partial charge is 0.353 e. The highest BCUT2D eigenvalue weighted by atomic mass is 32.2. The van der Waals surface area contributed by atoms with Crippen molar-refractivity contribution >= 4 is 36.3 Å². The lowest BCUT2D eigenvalue weighted by Crippen LogP contribution is -2.17. The van der Waals surface area contributed by atoms with Gasteiger partial charge in [-0.2, -0.15) is 11.8 Å². The number of hydrogen-bond donors (Lipinski definition) is 2. The van der Waals surface area contributed by atoms with Crippen LogP contribution in [0.4, 0.5) is 5.82 Å². The number of aryl methyl sites for hydroxylation is 1. The summed E-state index contributed by atoms with van der Waals surface area (Å²) in [7, 11) is -3.80. The molecule has 0 amide bonds. The fraction of sp³-hybridized carbons (Fsp3) is 0.567. The molecular weight excluding hydrogens is 557 g/mol. The summed E-state index contributed by atoms with van der Waals surface area (Å²) >= 11 is 1.88. The van der Waals surface area contributed by atoms with Crippen LogP contribution in [0, 0.1) is 12.3 Å². The summed E-state index contributed by atoms with van der Waals surface area (Å²) in [6.07, 6.45) is 19.8. The SMILES string of the molecule is C#Cc1ccc(CCCCCCCCCCSCCCOP(=O)(O)CO[C@H](C)Cn2cnc3c(N)ncnc32)cc1. The molecule has 0 fully saturated rings. The average molecular weight is 602 g/mol. The fourth-order valence-electron chi connectivity index (χ4n) is 4.45.